The van der Waals surface area contributed by atoms with Crippen molar-refractivity contribution in [1.82, 2.24) is 4.90 Å². The van der Waals surface area contributed by atoms with Crippen LogP contribution in [0.5, 0.6) is 0 Å². The molecule has 0 unspecified atom stereocenters. The van der Waals surface area contributed by atoms with Crippen LogP contribution in [0.2, 0.25) is 0 Å². The van der Waals surface area contributed by atoms with E-state index >= 15 is 0 Å². The van der Waals surface area contributed by atoms with Crippen molar-refractivity contribution in [2.24, 2.45) is 10.8 Å². The van der Waals surface area contributed by atoms with Gasteiger partial charge in [-0.1, -0.05) is 20.8 Å². The Morgan fingerprint density at radius 3 is 2.00 bits per heavy atom. The van der Waals surface area contributed by atoms with Crippen LogP contribution < -0.4 is 0 Å². The monoisotopic (exact) mass is 241 g/mol. The largest absolute Gasteiger partial charge is 0.395 e. The molecule has 1 aliphatic rings. The second-order valence-electron chi connectivity index (χ2n) is 6.02. The molecule has 98 valence electrons. The van der Waals surface area contributed by atoms with Gasteiger partial charge in [0.05, 0.1) is 12.0 Å². The third kappa shape index (κ3) is 2.86. The summed E-state index contributed by atoms with van der Waals surface area (Å²) < 4.78 is 0. The first-order valence-electron chi connectivity index (χ1n) is 6.14. The zero-order valence-electron chi connectivity index (χ0n) is 11.2. The minimum atomic E-state index is -0.649. The van der Waals surface area contributed by atoms with Crippen molar-refractivity contribution < 1.29 is 14.7 Å². The predicted octanol–water partition coefficient (Wildman–Crippen LogP) is 1.22. The summed E-state index contributed by atoms with van der Waals surface area (Å²) in [4.78, 5) is 25.4. The van der Waals surface area contributed by atoms with Gasteiger partial charge in [0.25, 0.3) is 0 Å². The van der Waals surface area contributed by atoms with E-state index in [-0.39, 0.29) is 18.3 Å². The molecule has 0 saturated carbocycles. The van der Waals surface area contributed by atoms with Gasteiger partial charge in [0, 0.05) is 25.4 Å². The number of hydrogen-bond donors (Lipinski definition) is 1. The molecule has 0 aromatic rings. The molecule has 0 bridgehead atoms. The number of aliphatic hydroxyl groups excluding tert-OH is 1. The Balaban J connectivity index is 2.81. The van der Waals surface area contributed by atoms with Gasteiger partial charge in [-0.2, -0.15) is 0 Å². The van der Waals surface area contributed by atoms with E-state index in [4.69, 9.17) is 0 Å². The molecule has 0 aliphatic carbocycles. The van der Waals surface area contributed by atoms with Crippen molar-refractivity contribution in [1.29, 1.82) is 0 Å². The predicted molar refractivity (Wildman–Crippen MR) is 65.5 cm³/mol. The lowest BCUT2D eigenvalue weighted by Crippen LogP contribution is -2.50. The number of likely N-dealkylation sites (tertiary alicyclic amines) is 1. The summed E-state index contributed by atoms with van der Waals surface area (Å²) >= 11 is 0. The number of carbonyl (C=O) groups excluding carboxylic acids is 2. The third-order valence-corrected chi connectivity index (χ3v) is 3.63. The summed E-state index contributed by atoms with van der Waals surface area (Å²) in [6.45, 7) is 8.19. The van der Waals surface area contributed by atoms with E-state index in [9.17, 15) is 14.7 Å². The molecule has 0 aromatic carbocycles. The Bertz CT molecular complexity index is 309. The lowest BCUT2D eigenvalue weighted by Gasteiger charge is -2.42. The first kappa shape index (κ1) is 14.2. The van der Waals surface area contributed by atoms with E-state index in [2.05, 4.69) is 0 Å². The van der Waals surface area contributed by atoms with Crippen LogP contribution in [0.1, 0.15) is 40.5 Å². The summed E-state index contributed by atoms with van der Waals surface area (Å²) in [6.07, 6.45) is 1.14. The van der Waals surface area contributed by atoms with E-state index in [1.165, 1.54) is 6.92 Å². The Morgan fingerprint density at radius 1 is 1.24 bits per heavy atom. The number of hydrogen-bond acceptors (Lipinski definition) is 3. The standard InChI is InChI=1S/C13H23NO3/c1-10(16)14-7-5-13(9-15,6-8-14)11(17)12(2,3)4/h15H,5-9H2,1-4H3. The zero-order chi connectivity index (χ0) is 13.3. The van der Waals surface area contributed by atoms with Crippen molar-refractivity contribution in [2.45, 2.75) is 40.5 Å². The zero-order valence-corrected chi connectivity index (χ0v) is 11.2. The van der Waals surface area contributed by atoms with Gasteiger partial charge in [0.2, 0.25) is 5.91 Å². The number of carbonyl (C=O) groups is 2. The van der Waals surface area contributed by atoms with E-state index in [0.717, 1.165) is 0 Å². The highest BCUT2D eigenvalue weighted by molar-refractivity contribution is 5.90. The summed E-state index contributed by atoms with van der Waals surface area (Å²) in [5, 5.41) is 9.58. The maximum atomic E-state index is 12.4. The molecule has 4 nitrogen and oxygen atoms in total. The SMILES string of the molecule is CC(=O)N1CCC(CO)(C(=O)C(C)(C)C)CC1. The number of amides is 1. The smallest absolute Gasteiger partial charge is 0.219 e. The van der Waals surface area contributed by atoms with Crippen LogP contribution in [-0.2, 0) is 9.59 Å². The van der Waals surface area contributed by atoms with Crippen molar-refractivity contribution >= 4 is 11.7 Å². The summed E-state index contributed by atoms with van der Waals surface area (Å²) in [5.74, 6) is 0.149. The van der Waals surface area contributed by atoms with E-state index in [1.807, 2.05) is 20.8 Å². The highest BCUT2D eigenvalue weighted by atomic mass is 16.3. The molecular formula is C13H23NO3. The summed E-state index contributed by atoms with van der Waals surface area (Å²) in [5.41, 5.74) is -1.09. The number of piperidine rings is 1. The molecule has 0 aromatic heterocycles. The molecule has 0 atom stereocenters. The van der Waals surface area contributed by atoms with Crippen LogP contribution in [0.4, 0.5) is 0 Å². The minimum Gasteiger partial charge on any atom is -0.395 e. The average molecular weight is 241 g/mol. The van der Waals surface area contributed by atoms with E-state index in [1.54, 1.807) is 4.90 Å². The van der Waals surface area contributed by atoms with Crippen LogP contribution in [-0.4, -0.2) is 41.4 Å². The van der Waals surface area contributed by atoms with Gasteiger partial charge in [0.1, 0.15) is 5.78 Å². The minimum absolute atomic E-state index is 0.0414. The first-order chi connectivity index (χ1) is 7.73. The van der Waals surface area contributed by atoms with Gasteiger partial charge in [-0.3, -0.25) is 9.59 Å². The van der Waals surface area contributed by atoms with Gasteiger partial charge in [-0.05, 0) is 12.8 Å². The molecule has 1 saturated heterocycles. The fourth-order valence-corrected chi connectivity index (χ4v) is 2.50. The van der Waals surface area contributed by atoms with Crippen molar-refractivity contribution in [3.05, 3.63) is 0 Å². The van der Waals surface area contributed by atoms with Crippen LogP contribution >= 0.6 is 0 Å². The van der Waals surface area contributed by atoms with Gasteiger partial charge >= 0.3 is 0 Å². The Hall–Kier alpha value is -0.900. The fourth-order valence-electron chi connectivity index (χ4n) is 2.50. The van der Waals surface area contributed by atoms with Crippen LogP contribution in [0.15, 0.2) is 0 Å². The topological polar surface area (TPSA) is 57.6 Å². The fraction of sp³-hybridized carbons (Fsp3) is 0.846. The number of rotatable bonds is 2. The van der Waals surface area contributed by atoms with Crippen molar-refractivity contribution in [2.75, 3.05) is 19.7 Å². The molecule has 17 heavy (non-hydrogen) atoms. The maximum Gasteiger partial charge on any atom is 0.219 e. The van der Waals surface area contributed by atoms with E-state index < -0.39 is 10.8 Å². The molecule has 1 heterocycles. The highest BCUT2D eigenvalue weighted by Gasteiger charge is 2.45. The average Bonchev–Trinajstić information content (AvgIpc) is 2.26. The Morgan fingerprint density at radius 2 is 1.71 bits per heavy atom. The van der Waals surface area contributed by atoms with Crippen LogP contribution in [0.25, 0.3) is 0 Å². The quantitative estimate of drug-likeness (QED) is 0.791. The molecule has 4 heteroatoms. The number of nitrogens with zero attached hydrogens (tertiary/aromatic N) is 1. The number of aliphatic hydroxyl groups is 1. The molecule has 1 N–H and O–H groups in total. The molecular weight excluding hydrogens is 218 g/mol. The lowest BCUT2D eigenvalue weighted by atomic mass is 9.67. The van der Waals surface area contributed by atoms with Gasteiger partial charge < -0.3 is 10.0 Å². The van der Waals surface area contributed by atoms with Gasteiger partial charge in [0.15, 0.2) is 0 Å². The van der Waals surface area contributed by atoms with Crippen molar-refractivity contribution in [3.8, 4) is 0 Å². The molecule has 1 amide bonds. The van der Waals surface area contributed by atoms with Crippen LogP contribution in [0.3, 0.4) is 0 Å². The van der Waals surface area contributed by atoms with Crippen molar-refractivity contribution in [3.63, 3.8) is 0 Å². The van der Waals surface area contributed by atoms with Crippen LogP contribution in [0, 0.1) is 10.8 Å². The molecule has 1 rings (SSSR count). The first-order valence-corrected chi connectivity index (χ1v) is 6.14. The normalized spacial score (nSPS) is 20.2. The van der Waals surface area contributed by atoms with Gasteiger partial charge in [-0.25, -0.2) is 0 Å². The highest BCUT2D eigenvalue weighted by Crippen LogP contribution is 2.38. The number of ketones is 1. The van der Waals surface area contributed by atoms with E-state index in [0.29, 0.717) is 25.9 Å². The third-order valence-electron chi connectivity index (χ3n) is 3.63. The Kier molecular flexibility index (Phi) is 3.97. The Labute approximate surface area is 103 Å². The number of Topliss-reactive ketones (excluding diaryl/α,β-unsaturated/α-hetero) is 1. The lowest BCUT2D eigenvalue weighted by molar-refractivity contribution is -0.146. The molecule has 0 spiro atoms. The molecule has 1 fully saturated rings. The second-order valence-corrected chi connectivity index (χ2v) is 6.02. The second kappa shape index (κ2) is 4.77. The maximum absolute atomic E-state index is 12.4. The molecule has 1 aliphatic heterocycles. The molecule has 0 radical (unpaired) electrons. The summed E-state index contributed by atoms with van der Waals surface area (Å²) in [6, 6.07) is 0. The van der Waals surface area contributed by atoms with Gasteiger partial charge in [-0.15, -0.1) is 0 Å². The summed E-state index contributed by atoms with van der Waals surface area (Å²) in [7, 11) is 0.